The smallest absolute Gasteiger partial charge is 0.237 e. The van der Waals surface area contributed by atoms with E-state index in [1.165, 1.54) is 0 Å². The van der Waals surface area contributed by atoms with E-state index in [9.17, 15) is 9.00 Å². The first kappa shape index (κ1) is 16.0. The number of nitrogens with one attached hydrogen (secondary N) is 1. The Kier molecular flexibility index (Phi) is 6.31. The molecule has 0 aliphatic heterocycles. The number of nitrogens with two attached hydrogens (primary N) is 1. The van der Waals surface area contributed by atoms with Gasteiger partial charge in [0.15, 0.2) is 0 Å². The van der Waals surface area contributed by atoms with Gasteiger partial charge in [0, 0.05) is 22.2 Å². The number of carbonyl (C=O) groups excluding carboxylic acids is 1. The van der Waals surface area contributed by atoms with Crippen molar-refractivity contribution in [2.24, 2.45) is 5.92 Å². The Hall–Kier alpha value is -1.07. The van der Waals surface area contributed by atoms with Crippen LogP contribution < -0.4 is 11.1 Å². The number of hydrogen-bond donors (Lipinski definition) is 2. The Labute approximate surface area is 121 Å². The molecule has 0 bridgehead atoms. The molecule has 1 rings (SSSR count). The summed E-state index contributed by atoms with van der Waals surface area (Å²) in [4.78, 5) is 11.7. The van der Waals surface area contributed by atoms with E-state index in [-0.39, 0.29) is 11.7 Å². The molecule has 0 saturated heterocycles. The van der Waals surface area contributed by atoms with E-state index in [2.05, 4.69) is 19.2 Å². The summed E-state index contributed by atoms with van der Waals surface area (Å²) in [6, 6.07) is 4.84. The van der Waals surface area contributed by atoms with Gasteiger partial charge in [-0.15, -0.1) is 0 Å². The van der Waals surface area contributed by atoms with Crippen molar-refractivity contribution >= 4 is 39.7 Å². The molecule has 1 atom stereocenters. The Morgan fingerprint density at radius 2 is 2.16 bits per heavy atom. The van der Waals surface area contributed by atoms with Gasteiger partial charge in [0.25, 0.3) is 0 Å². The molecule has 0 aliphatic rings. The number of carbonyl (C=O) groups is 1. The molecule has 0 aliphatic carbocycles. The zero-order chi connectivity index (χ0) is 14.4. The van der Waals surface area contributed by atoms with Crippen molar-refractivity contribution in [2.75, 3.05) is 22.6 Å². The van der Waals surface area contributed by atoms with Crippen LogP contribution >= 0.6 is 11.6 Å². The van der Waals surface area contributed by atoms with Crippen LogP contribution in [0.2, 0.25) is 5.02 Å². The minimum absolute atomic E-state index is 0.00652. The normalized spacial score (nSPS) is 12.4. The molecule has 0 aromatic heterocycles. The third kappa shape index (κ3) is 6.07. The average Bonchev–Trinajstić information content (AvgIpc) is 2.30. The van der Waals surface area contributed by atoms with Crippen LogP contribution in [0.15, 0.2) is 18.2 Å². The monoisotopic (exact) mass is 302 g/mol. The van der Waals surface area contributed by atoms with E-state index in [0.29, 0.717) is 28.1 Å². The van der Waals surface area contributed by atoms with Gasteiger partial charge in [-0.3, -0.25) is 9.00 Å². The standard InChI is InChI=1S/C13H19ClN2O2S/c1-9(2)5-6-19(18)8-13(17)16-12-4-3-10(15)7-11(12)14/h3-4,7,9H,5-6,8,15H2,1-2H3,(H,16,17). The van der Waals surface area contributed by atoms with Crippen LogP contribution in [0.25, 0.3) is 0 Å². The minimum Gasteiger partial charge on any atom is -0.399 e. The number of anilines is 2. The van der Waals surface area contributed by atoms with Crippen molar-refractivity contribution in [3.05, 3.63) is 23.2 Å². The summed E-state index contributed by atoms with van der Waals surface area (Å²) >= 11 is 5.94. The molecule has 1 amide bonds. The molecule has 0 spiro atoms. The second-order valence-corrected chi connectivity index (χ2v) is 6.74. The molecular formula is C13H19ClN2O2S. The van der Waals surface area contributed by atoms with Gasteiger partial charge in [0.05, 0.1) is 10.7 Å². The van der Waals surface area contributed by atoms with Crippen molar-refractivity contribution in [1.82, 2.24) is 0 Å². The molecule has 106 valence electrons. The number of amides is 1. The Morgan fingerprint density at radius 1 is 1.47 bits per heavy atom. The first-order valence-corrected chi connectivity index (χ1v) is 7.95. The van der Waals surface area contributed by atoms with Crippen LogP contribution in [-0.2, 0) is 15.6 Å². The van der Waals surface area contributed by atoms with Gasteiger partial charge < -0.3 is 11.1 Å². The topological polar surface area (TPSA) is 72.2 Å². The molecule has 1 aromatic rings. The van der Waals surface area contributed by atoms with Crippen LogP contribution in [0.5, 0.6) is 0 Å². The fraction of sp³-hybridized carbons (Fsp3) is 0.462. The third-order valence-corrected chi connectivity index (χ3v) is 4.07. The summed E-state index contributed by atoms with van der Waals surface area (Å²) < 4.78 is 11.7. The van der Waals surface area contributed by atoms with Gasteiger partial charge in [-0.05, 0) is 30.5 Å². The Balaban J connectivity index is 2.49. The number of benzene rings is 1. The Bertz CT molecular complexity index is 478. The number of rotatable bonds is 6. The van der Waals surface area contributed by atoms with Crippen LogP contribution in [-0.4, -0.2) is 21.6 Å². The van der Waals surface area contributed by atoms with E-state index in [0.717, 1.165) is 6.42 Å². The van der Waals surface area contributed by atoms with Crippen LogP contribution in [0.3, 0.4) is 0 Å². The molecule has 1 unspecified atom stereocenters. The largest absolute Gasteiger partial charge is 0.399 e. The first-order valence-electron chi connectivity index (χ1n) is 6.08. The van der Waals surface area contributed by atoms with Crippen molar-refractivity contribution < 1.29 is 9.00 Å². The number of halogens is 1. The minimum atomic E-state index is -1.14. The molecule has 3 N–H and O–H groups in total. The van der Waals surface area contributed by atoms with E-state index >= 15 is 0 Å². The first-order chi connectivity index (χ1) is 8.88. The molecule has 0 fully saturated rings. The lowest BCUT2D eigenvalue weighted by Gasteiger charge is -2.08. The fourth-order valence-electron chi connectivity index (χ4n) is 1.40. The van der Waals surface area contributed by atoms with Crippen molar-refractivity contribution in [3.63, 3.8) is 0 Å². The van der Waals surface area contributed by atoms with Gasteiger partial charge in [-0.25, -0.2) is 0 Å². The van der Waals surface area contributed by atoms with E-state index < -0.39 is 10.8 Å². The fourth-order valence-corrected chi connectivity index (χ4v) is 2.88. The molecule has 19 heavy (non-hydrogen) atoms. The molecule has 6 heteroatoms. The predicted octanol–water partition coefficient (Wildman–Crippen LogP) is 2.66. The van der Waals surface area contributed by atoms with Crippen molar-refractivity contribution in [3.8, 4) is 0 Å². The molecule has 0 radical (unpaired) electrons. The van der Waals surface area contributed by atoms with Crippen molar-refractivity contribution in [1.29, 1.82) is 0 Å². The van der Waals surface area contributed by atoms with Gasteiger partial charge in [-0.1, -0.05) is 25.4 Å². The molecule has 4 nitrogen and oxygen atoms in total. The third-order valence-electron chi connectivity index (χ3n) is 2.48. The second kappa shape index (κ2) is 7.50. The number of nitrogen functional groups attached to an aromatic ring is 1. The molecular weight excluding hydrogens is 284 g/mol. The van der Waals surface area contributed by atoms with E-state index in [4.69, 9.17) is 17.3 Å². The van der Waals surface area contributed by atoms with Crippen LogP contribution in [0.4, 0.5) is 11.4 Å². The Morgan fingerprint density at radius 3 is 2.74 bits per heavy atom. The van der Waals surface area contributed by atoms with Gasteiger partial charge in [0.2, 0.25) is 5.91 Å². The summed E-state index contributed by atoms with van der Waals surface area (Å²) in [5, 5.41) is 3.01. The van der Waals surface area contributed by atoms with E-state index in [1.807, 2.05) is 0 Å². The molecule has 0 heterocycles. The highest BCUT2D eigenvalue weighted by atomic mass is 35.5. The summed E-state index contributed by atoms with van der Waals surface area (Å²) in [5.41, 5.74) is 6.58. The maximum atomic E-state index is 11.7. The summed E-state index contributed by atoms with van der Waals surface area (Å²) in [5.74, 6) is 0.723. The maximum Gasteiger partial charge on any atom is 0.237 e. The summed E-state index contributed by atoms with van der Waals surface area (Å²) in [6.07, 6.45) is 0.850. The maximum absolute atomic E-state index is 11.7. The predicted molar refractivity (Wildman–Crippen MR) is 81.8 cm³/mol. The van der Waals surface area contributed by atoms with Crippen LogP contribution in [0.1, 0.15) is 20.3 Å². The number of hydrogen-bond acceptors (Lipinski definition) is 3. The molecule has 1 aromatic carbocycles. The highest BCUT2D eigenvalue weighted by Gasteiger charge is 2.10. The average molecular weight is 303 g/mol. The highest BCUT2D eigenvalue weighted by Crippen LogP contribution is 2.23. The van der Waals surface area contributed by atoms with Gasteiger partial charge in [0.1, 0.15) is 5.75 Å². The quantitative estimate of drug-likeness (QED) is 0.794. The molecule has 0 saturated carbocycles. The SMILES string of the molecule is CC(C)CCS(=O)CC(=O)Nc1ccc(N)cc1Cl. The summed E-state index contributed by atoms with van der Waals surface area (Å²) in [7, 11) is -1.14. The van der Waals surface area contributed by atoms with Crippen molar-refractivity contribution in [2.45, 2.75) is 20.3 Å². The van der Waals surface area contributed by atoms with E-state index in [1.54, 1.807) is 18.2 Å². The zero-order valence-corrected chi connectivity index (χ0v) is 12.7. The van der Waals surface area contributed by atoms with Gasteiger partial charge in [-0.2, -0.15) is 0 Å². The van der Waals surface area contributed by atoms with Crippen LogP contribution in [0, 0.1) is 5.92 Å². The lowest BCUT2D eigenvalue weighted by Crippen LogP contribution is -2.21. The second-order valence-electron chi connectivity index (χ2n) is 4.76. The summed E-state index contributed by atoms with van der Waals surface area (Å²) in [6.45, 7) is 4.12. The lowest BCUT2D eigenvalue weighted by molar-refractivity contribution is -0.113. The zero-order valence-electron chi connectivity index (χ0n) is 11.1. The lowest BCUT2D eigenvalue weighted by atomic mass is 10.2. The van der Waals surface area contributed by atoms with Gasteiger partial charge >= 0.3 is 0 Å². The highest BCUT2D eigenvalue weighted by molar-refractivity contribution is 7.85.